The van der Waals surface area contributed by atoms with E-state index in [0.717, 1.165) is 43.5 Å². The molecule has 5 aromatic rings. The number of benzene rings is 5. The van der Waals surface area contributed by atoms with Crippen LogP contribution >= 0.6 is 11.8 Å². The van der Waals surface area contributed by atoms with E-state index in [2.05, 4.69) is 15.5 Å². The van der Waals surface area contributed by atoms with Crippen molar-refractivity contribution >= 4 is 69.7 Å². The summed E-state index contributed by atoms with van der Waals surface area (Å²) in [7, 11) is 0. The lowest BCUT2D eigenvalue weighted by molar-refractivity contribution is -0.141. The van der Waals surface area contributed by atoms with Crippen LogP contribution in [-0.2, 0) is 28.9 Å². The highest BCUT2D eigenvalue weighted by Crippen LogP contribution is 2.35. The van der Waals surface area contributed by atoms with Crippen molar-refractivity contribution in [2.45, 2.75) is 51.3 Å². The van der Waals surface area contributed by atoms with Crippen LogP contribution in [0.1, 0.15) is 74.2 Å². The van der Waals surface area contributed by atoms with Crippen LogP contribution in [0.3, 0.4) is 0 Å². The second-order valence-corrected chi connectivity index (χ2v) is 13.4. The minimum absolute atomic E-state index is 0.111. The summed E-state index contributed by atoms with van der Waals surface area (Å²) < 4.78 is 0. The van der Waals surface area contributed by atoms with Crippen molar-refractivity contribution in [2.75, 3.05) is 4.90 Å². The topological polar surface area (TPSA) is 136 Å². The Labute approximate surface area is 323 Å². The molecule has 12 heteroatoms. The summed E-state index contributed by atoms with van der Waals surface area (Å²) in [6.07, 6.45) is 0. The molecule has 5 aromatic carbocycles. The summed E-state index contributed by atoms with van der Waals surface area (Å²) in [5.74, 6) is -1.59. The molecule has 0 saturated heterocycles. The Bertz CT molecular complexity index is 2190. The zero-order chi connectivity index (χ0) is 39.5. The van der Waals surface area contributed by atoms with Gasteiger partial charge in [-0.15, -0.1) is 0 Å². The van der Waals surface area contributed by atoms with Gasteiger partial charge in [0.15, 0.2) is 5.78 Å². The normalized spacial score (nSPS) is 11.8. The molecule has 0 N–H and O–H groups in total. The molecule has 0 aliphatic heterocycles. The Balaban J connectivity index is 1.35. The van der Waals surface area contributed by atoms with E-state index < -0.39 is 17.9 Å². The van der Waals surface area contributed by atoms with Crippen LogP contribution in [0.25, 0.3) is 0 Å². The van der Waals surface area contributed by atoms with Gasteiger partial charge in [0.25, 0.3) is 0 Å². The summed E-state index contributed by atoms with van der Waals surface area (Å²) in [5.41, 5.74) is 7.63. The van der Waals surface area contributed by atoms with E-state index in [1.54, 1.807) is 44.7 Å². The molecule has 0 heterocycles. The van der Waals surface area contributed by atoms with Crippen LogP contribution in [-0.4, -0.2) is 40.8 Å². The lowest BCUT2D eigenvalue weighted by Crippen LogP contribution is -2.11. The highest BCUT2D eigenvalue weighted by molar-refractivity contribution is 7.99. The second kappa shape index (κ2) is 18.4. The van der Waals surface area contributed by atoms with Gasteiger partial charge in [0.05, 0.1) is 17.1 Å². The monoisotopic (exact) mass is 754 g/mol. The maximum Gasteiger partial charge on any atom is 0.331 e. The van der Waals surface area contributed by atoms with Gasteiger partial charge in [-0.05, 0) is 122 Å². The molecule has 0 unspecified atom stereocenters. The summed E-state index contributed by atoms with van der Waals surface area (Å²) in [4.78, 5) is 65.5. The highest BCUT2D eigenvalue weighted by Gasteiger charge is 2.16. The van der Waals surface area contributed by atoms with Crippen molar-refractivity contribution in [2.24, 2.45) is 15.5 Å². The molecule has 55 heavy (non-hydrogen) atoms. The number of anilines is 3. The molecule has 0 aliphatic carbocycles. The molecular weight excluding hydrogens is 717 g/mol. The van der Waals surface area contributed by atoms with Gasteiger partial charge in [-0.3, -0.25) is 4.79 Å². The molecular formula is C43H38N4O7S. The highest BCUT2D eigenvalue weighted by atomic mass is 32.2. The van der Waals surface area contributed by atoms with E-state index in [4.69, 9.17) is 14.5 Å². The molecule has 11 nitrogen and oxygen atoms in total. The number of rotatable bonds is 13. The Morgan fingerprint density at radius 1 is 0.400 bits per heavy atom. The van der Waals surface area contributed by atoms with Crippen molar-refractivity contribution in [3.05, 3.63) is 149 Å². The molecule has 0 fully saturated rings. The maximum atomic E-state index is 13.6. The minimum Gasteiger partial charge on any atom is -0.318 e. The number of ketones is 1. The fourth-order valence-electron chi connectivity index (χ4n) is 5.21. The molecule has 0 aromatic heterocycles. The fourth-order valence-corrected chi connectivity index (χ4v) is 6.03. The van der Waals surface area contributed by atoms with Gasteiger partial charge in [0.1, 0.15) is 0 Å². The molecule has 0 atom stereocenters. The number of carbonyl (C=O) groups excluding carboxylic acids is 4. The zero-order valence-corrected chi connectivity index (χ0v) is 31.9. The number of nitrogens with zero attached hydrogens (tertiary/aromatic N) is 4. The number of carbonyl (C=O) groups is 4. The smallest absolute Gasteiger partial charge is 0.318 e. The molecule has 278 valence electrons. The molecule has 0 saturated carbocycles. The van der Waals surface area contributed by atoms with Gasteiger partial charge < -0.3 is 19.4 Å². The summed E-state index contributed by atoms with van der Waals surface area (Å²) in [5, 5.41) is 11.6. The van der Waals surface area contributed by atoms with Crippen LogP contribution in [0.5, 0.6) is 0 Å². The van der Waals surface area contributed by atoms with Crippen LogP contribution in [0.15, 0.2) is 147 Å². The van der Waals surface area contributed by atoms with E-state index >= 15 is 0 Å². The second-order valence-electron chi connectivity index (χ2n) is 12.2. The zero-order valence-electron chi connectivity index (χ0n) is 31.1. The lowest BCUT2D eigenvalue weighted by atomic mass is 10.0. The van der Waals surface area contributed by atoms with Crippen LogP contribution in [0.2, 0.25) is 0 Å². The molecule has 0 bridgehead atoms. The summed E-state index contributed by atoms with van der Waals surface area (Å²) in [6.45, 7) is 9.16. The summed E-state index contributed by atoms with van der Waals surface area (Å²) in [6, 6.07) is 37.8. The maximum absolute atomic E-state index is 13.6. The standard InChI is InChI=1S/C43H38N4O7S/c1-27(44-52-30(4)48)33-7-17-38(18-8-33)47(39-19-9-34(10-20-39)28(2)45-53-31(5)49)40-21-11-36(12-22-40)43(51)37-15-25-42(26-16-37)55-41-23-13-35(14-24-41)29(3)46-54-32(6)50/h7-26H,1-6H3/b44-27-,45-28?,46-29?. The number of hydrogen-bond acceptors (Lipinski definition) is 12. The van der Waals surface area contributed by atoms with Crippen molar-refractivity contribution in [3.8, 4) is 0 Å². The average molecular weight is 755 g/mol. The first-order valence-electron chi connectivity index (χ1n) is 17.1. The first-order chi connectivity index (χ1) is 26.4. The van der Waals surface area contributed by atoms with Gasteiger partial charge in [-0.2, -0.15) is 0 Å². The van der Waals surface area contributed by atoms with Crippen molar-refractivity contribution in [3.63, 3.8) is 0 Å². The van der Waals surface area contributed by atoms with Gasteiger partial charge in [0, 0.05) is 58.8 Å². The van der Waals surface area contributed by atoms with E-state index in [9.17, 15) is 19.2 Å². The lowest BCUT2D eigenvalue weighted by Gasteiger charge is -2.26. The quantitative estimate of drug-likeness (QED) is 0.0498. The molecule has 0 aliphatic rings. The van der Waals surface area contributed by atoms with Gasteiger partial charge in [-0.25, -0.2) is 14.4 Å². The Kier molecular flexibility index (Phi) is 13.2. The largest absolute Gasteiger partial charge is 0.331 e. The van der Waals surface area contributed by atoms with Crippen LogP contribution in [0, 0.1) is 0 Å². The van der Waals surface area contributed by atoms with Crippen molar-refractivity contribution in [1.82, 2.24) is 0 Å². The molecule has 0 amide bonds. The SMILES string of the molecule is CC(=O)ON=C(C)c1ccc(Sc2ccc(C(=O)c3ccc(N(c4ccc(C(C)=NOC(C)=O)cc4)c4ccc(/C(C)=N\OC(C)=O)cc4)cc3)cc2)cc1. The molecule has 0 radical (unpaired) electrons. The van der Waals surface area contributed by atoms with Gasteiger partial charge >= 0.3 is 17.9 Å². The third kappa shape index (κ3) is 10.9. The van der Waals surface area contributed by atoms with E-state index in [1.807, 2.05) is 114 Å². The predicted octanol–water partition coefficient (Wildman–Crippen LogP) is 9.40. The summed E-state index contributed by atoms with van der Waals surface area (Å²) >= 11 is 1.56. The van der Waals surface area contributed by atoms with E-state index in [0.29, 0.717) is 28.3 Å². The molecule has 0 spiro atoms. The van der Waals surface area contributed by atoms with Crippen molar-refractivity contribution in [1.29, 1.82) is 0 Å². The van der Waals surface area contributed by atoms with E-state index in [-0.39, 0.29) is 5.78 Å². The van der Waals surface area contributed by atoms with Crippen LogP contribution in [0.4, 0.5) is 17.1 Å². The number of oxime groups is 3. The Morgan fingerprint density at radius 2 is 0.655 bits per heavy atom. The Morgan fingerprint density at radius 3 is 0.945 bits per heavy atom. The Hall–Kier alpha value is -6.66. The average Bonchev–Trinajstić information content (AvgIpc) is 3.19. The minimum atomic E-state index is -0.503. The molecule has 5 rings (SSSR count). The first-order valence-corrected chi connectivity index (χ1v) is 17.9. The first kappa shape index (κ1) is 39.5. The fraction of sp³-hybridized carbons (Fsp3) is 0.140. The van der Waals surface area contributed by atoms with E-state index in [1.165, 1.54) is 20.8 Å². The third-order valence-electron chi connectivity index (χ3n) is 8.03. The van der Waals surface area contributed by atoms with Gasteiger partial charge in [0.2, 0.25) is 0 Å². The number of hydrogen-bond donors (Lipinski definition) is 0. The van der Waals surface area contributed by atoms with Crippen LogP contribution < -0.4 is 4.90 Å². The van der Waals surface area contributed by atoms with Crippen molar-refractivity contribution < 1.29 is 33.7 Å². The predicted molar refractivity (Wildman–Crippen MR) is 213 cm³/mol. The third-order valence-corrected chi connectivity index (χ3v) is 9.05. The van der Waals surface area contributed by atoms with Gasteiger partial charge in [-0.1, -0.05) is 63.6 Å².